The first-order valence-electron chi connectivity index (χ1n) is 7.71. The summed E-state index contributed by atoms with van der Waals surface area (Å²) in [5.74, 6) is 0.815. The van der Waals surface area contributed by atoms with Gasteiger partial charge in [0.15, 0.2) is 0 Å². The number of hydrogen-bond donors (Lipinski definition) is 2. The quantitative estimate of drug-likeness (QED) is 0.746. The molecule has 2 aromatic carbocycles. The Kier molecular flexibility index (Phi) is 4.69. The topological polar surface area (TPSA) is 45.2 Å². The van der Waals surface area contributed by atoms with Crippen LogP contribution in [0.3, 0.4) is 0 Å². The van der Waals surface area contributed by atoms with Gasteiger partial charge in [-0.05, 0) is 29.7 Å². The molecule has 0 saturated carbocycles. The van der Waals surface area contributed by atoms with Crippen molar-refractivity contribution in [1.29, 1.82) is 0 Å². The summed E-state index contributed by atoms with van der Waals surface area (Å²) in [7, 11) is 0. The smallest absolute Gasteiger partial charge is 0.126 e. The fourth-order valence-electron chi connectivity index (χ4n) is 2.55. The van der Waals surface area contributed by atoms with Crippen LogP contribution >= 0.6 is 0 Å². The van der Waals surface area contributed by atoms with Crippen LogP contribution in [0.25, 0.3) is 0 Å². The van der Waals surface area contributed by atoms with Gasteiger partial charge >= 0.3 is 0 Å². The predicted octanol–water partition coefficient (Wildman–Crippen LogP) is 4.08. The van der Waals surface area contributed by atoms with Gasteiger partial charge in [-0.25, -0.2) is 4.98 Å². The van der Waals surface area contributed by atoms with Crippen LogP contribution in [0.2, 0.25) is 0 Å². The predicted molar refractivity (Wildman–Crippen MR) is 93.2 cm³/mol. The van der Waals surface area contributed by atoms with Crippen LogP contribution in [0.5, 0.6) is 0 Å². The molecule has 3 nitrogen and oxygen atoms in total. The molecule has 3 aromatic rings. The van der Waals surface area contributed by atoms with Gasteiger partial charge in [0.1, 0.15) is 11.9 Å². The third-order valence-corrected chi connectivity index (χ3v) is 3.88. The van der Waals surface area contributed by atoms with Gasteiger partial charge in [0.2, 0.25) is 0 Å². The van der Waals surface area contributed by atoms with Gasteiger partial charge < -0.3 is 10.4 Å². The maximum Gasteiger partial charge on any atom is 0.126 e. The van der Waals surface area contributed by atoms with Crippen LogP contribution in [0, 0.1) is 6.92 Å². The Balaban J connectivity index is 1.73. The lowest BCUT2D eigenvalue weighted by Crippen LogP contribution is -2.06. The summed E-state index contributed by atoms with van der Waals surface area (Å²) in [6.45, 7) is 2.73. The molecule has 0 fully saturated rings. The number of aliphatic hydroxyl groups excluding tert-OH is 1. The average molecular weight is 304 g/mol. The zero-order chi connectivity index (χ0) is 16.1. The number of aliphatic hydroxyl groups is 1. The summed E-state index contributed by atoms with van der Waals surface area (Å²) < 4.78 is 0. The van der Waals surface area contributed by atoms with Crippen LogP contribution < -0.4 is 5.32 Å². The van der Waals surface area contributed by atoms with Gasteiger partial charge in [-0.2, -0.15) is 0 Å². The van der Waals surface area contributed by atoms with Crippen LogP contribution in [0.15, 0.2) is 72.9 Å². The number of aryl methyl sites for hydroxylation is 1. The van der Waals surface area contributed by atoms with Gasteiger partial charge in [-0.15, -0.1) is 0 Å². The van der Waals surface area contributed by atoms with E-state index in [2.05, 4.69) is 22.4 Å². The molecule has 23 heavy (non-hydrogen) atoms. The Bertz CT molecular complexity index is 757. The molecule has 0 amide bonds. The highest BCUT2D eigenvalue weighted by molar-refractivity contribution is 5.43. The van der Waals surface area contributed by atoms with E-state index in [9.17, 15) is 5.11 Å². The SMILES string of the molecule is Cc1cc(NCc2ccccc2)ncc1[C@@H](O)c1ccccc1. The summed E-state index contributed by atoms with van der Waals surface area (Å²) >= 11 is 0. The third-order valence-electron chi connectivity index (χ3n) is 3.88. The molecule has 3 heteroatoms. The van der Waals surface area contributed by atoms with E-state index < -0.39 is 6.10 Å². The van der Waals surface area contributed by atoms with Crippen LogP contribution in [0.4, 0.5) is 5.82 Å². The molecular formula is C20H20N2O. The molecule has 1 atom stereocenters. The van der Waals surface area contributed by atoms with Gasteiger partial charge in [0.05, 0.1) is 0 Å². The number of nitrogens with zero attached hydrogens (tertiary/aromatic N) is 1. The lowest BCUT2D eigenvalue weighted by atomic mass is 9.99. The molecule has 116 valence electrons. The fourth-order valence-corrected chi connectivity index (χ4v) is 2.55. The lowest BCUT2D eigenvalue weighted by molar-refractivity contribution is 0.219. The van der Waals surface area contributed by atoms with Crippen molar-refractivity contribution >= 4 is 5.82 Å². The van der Waals surface area contributed by atoms with E-state index >= 15 is 0 Å². The van der Waals surface area contributed by atoms with Crippen LogP contribution in [-0.2, 0) is 6.54 Å². The van der Waals surface area contributed by atoms with Crippen molar-refractivity contribution in [3.8, 4) is 0 Å². The van der Waals surface area contributed by atoms with Crippen molar-refractivity contribution in [2.75, 3.05) is 5.32 Å². The van der Waals surface area contributed by atoms with E-state index in [4.69, 9.17) is 0 Å². The molecule has 0 aliphatic carbocycles. The number of anilines is 1. The lowest BCUT2D eigenvalue weighted by Gasteiger charge is -2.15. The molecule has 2 N–H and O–H groups in total. The largest absolute Gasteiger partial charge is 0.384 e. The summed E-state index contributed by atoms with van der Waals surface area (Å²) in [6, 6.07) is 21.8. The van der Waals surface area contributed by atoms with Crippen molar-refractivity contribution < 1.29 is 5.11 Å². The molecule has 0 spiro atoms. The molecule has 0 aliphatic heterocycles. The van der Waals surface area contributed by atoms with Gasteiger partial charge in [-0.3, -0.25) is 0 Å². The minimum absolute atomic E-state index is 0.646. The fraction of sp³-hybridized carbons (Fsp3) is 0.150. The molecular weight excluding hydrogens is 284 g/mol. The monoisotopic (exact) mass is 304 g/mol. The molecule has 1 aromatic heterocycles. The molecule has 0 saturated heterocycles. The number of pyridine rings is 1. The summed E-state index contributed by atoms with van der Waals surface area (Å²) in [6.07, 6.45) is 1.10. The van der Waals surface area contributed by atoms with Crippen molar-refractivity contribution in [1.82, 2.24) is 4.98 Å². The summed E-state index contributed by atoms with van der Waals surface area (Å²) in [5, 5.41) is 13.8. The standard InChI is InChI=1S/C20H20N2O/c1-15-12-19(21-13-16-8-4-2-5-9-16)22-14-18(15)20(23)17-10-6-3-7-11-17/h2-12,14,20,23H,13H2,1H3,(H,21,22)/t20-/m0/s1. The van der Waals surface area contributed by atoms with Crippen LogP contribution in [0.1, 0.15) is 28.4 Å². The molecule has 0 radical (unpaired) electrons. The minimum Gasteiger partial charge on any atom is -0.384 e. The highest BCUT2D eigenvalue weighted by Gasteiger charge is 2.13. The third kappa shape index (κ3) is 3.76. The Labute approximate surface area is 136 Å². The van der Waals surface area contributed by atoms with E-state index in [-0.39, 0.29) is 0 Å². The zero-order valence-corrected chi connectivity index (χ0v) is 13.1. The second kappa shape index (κ2) is 7.07. The molecule has 0 unspecified atom stereocenters. The Morgan fingerprint density at radius 1 is 1.00 bits per heavy atom. The van der Waals surface area contributed by atoms with Gasteiger partial charge in [0.25, 0.3) is 0 Å². The van der Waals surface area contributed by atoms with Crippen LogP contribution in [-0.4, -0.2) is 10.1 Å². The minimum atomic E-state index is -0.646. The van der Waals surface area contributed by atoms with Gasteiger partial charge in [0, 0.05) is 18.3 Å². The molecule has 1 heterocycles. The highest BCUT2D eigenvalue weighted by atomic mass is 16.3. The summed E-state index contributed by atoms with van der Waals surface area (Å²) in [5.41, 5.74) is 3.94. The Morgan fingerprint density at radius 2 is 1.65 bits per heavy atom. The highest BCUT2D eigenvalue weighted by Crippen LogP contribution is 2.25. The number of nitrogens with one attached hydrogen (secondary N) is 1. The normalized spacial score (nSPS) is 11.9. The summed E-state index contributed by atoms with van der Waals surface area (Å²) in [4.78, 5) is 4.43. The first-order valence-corrected chi connectivity index (χ1v) is 7.71. The first-order chi connectivity index (χ1) is 11.2. The Hall–Kier alpha value is -2.65. The van der Waals surface area contributed by atoms with E-state index in [1.165, 1.54) is 5.56 Å². The number of aromatic nitrogens is 1. The first kappa shape index (κ1) is 15.3. The maximum atomic E-state index is 10.5. The Morgan fingerprint density at radius 3 is 2.30 bits per heavy atom. The number of benzene rings is 2. The van der Waals surface area contributed by atoms with Crippen molar-refractivity contribution in [2.24, 2.45) is 0 Å². The molecule has 3 rings (SSSR count). The van der Waals surface area contributed by atoms with Crippen molar-refractivity contribution in [2.45, 2.75) is 19.6 Å². The second-order valence-electron chi connectivity index (χ2n) is 5.58. The van der Waals surface area contributed by atoms with E-state index in [0.29, 0.717) is 0 Å². The van der Waals surface area contributed by atoms with Crippen molar-refractivity contribution in [3.05, 3.63) is 95.2 Å². The molecule has 0 bridgehead atoms. The van der Waals surface area contributed by atoms with E-state index in [1.54, 1.807) is 6.20 Å². The molecule has 0 aliphatic rings. The van der Waals surface area contributed by atoms with E-state index in [1.807, 2.05) is 61.5 Å². The number of hydrogen-bond acceptors (Lipinski definition) is 3. The van der Waals surface area contributed by atoms with Gasteiger partial charge in [-0.1, -0.05) is 60.7 Å². The second-order valence-corrected chi connectivity index (χ2v) is 5.58. The van der Waals surface area contributed by atoms with E-state index in [0.717, 1.165) is 29.1 Å². The average Bonchev–Trinajstić information content (AvgIpc) is 2.61. The maximum absolute atomic E-state index is 10.5. The number of rotatable bonds is 5. The van der Waals surface area contributed by atoms with Crippen molar-refractivity contribution in [3.63, 3.8) is 0 Å². The zero-order valence-electron chi connectivity index (χ0n) is 13.1.